The van der Waals surface area contributed by atoms with Gasteiger partial charge in [0, 0.05) is 12.6 Å². The van der Waals surface area contributed by atoms with Crippen LogP contribution in [0, 0.1) is 5.82 Å². The third kappa shape index (κ3) is 3.31. The Bertz CT molecular complexity index is 969. The van der Waals surface area contributed by atoms with E-state index in [1.807, 2.05) is 6.92 Å². The van der Waals surface area contributed by atoms with Crippen molar-refractivity contribution >= 4 is 17.4 Å². The summed E-state index contributed by atoms with van der Waals surface area (Å²) in [5, 5.41) is 10.8. The lowest BCUT2D eigenvalue weighted by atomic mass is 9.95. The molecule has 1 fully saturated rings. The SMILES string of the molecule is CCOc1cccc(C2/C(=C(\O)c3ccc(OC)c(F)c3)C(=O)C(=O)N2C)c1. The van der Waals surface area contributed by atoms with Crippen LogP contribution in [0.2, 0.25) is 0 Å². The number of ether oxygens (including phenoxy) is 2. The van der Waals surface area contributed by atoms with Crippen LogP contribution in [0.25, 0.3) is 5.76 Å². The quantitative estimate of drug-likeness (QED) is 0.486. The second kappa shape index (κ2) is 7.72. The molecule has 1 N–H and O–H groups in total. The summed E-state index contributed by atoms with van der Waals surface area (Å²) in [6, 6.07) is 9.95. The highest BCUT2D eigenvalue weighted by molar-refractivity contribution is 6.46. The van der Waals surface area contributed by atoms with Gasteiger partial charge in [0.05, 0.1) is 25.3 Å². The van der Waals surface area contributed by atoms with E-state index < -0.39 is 29.3 Å². The van der Waals surface area contributed by atoms with Crippen LogP contribution in [0.15, 0.2) is 48.0 Å². The Balaban J connectivity index is 2.14. The molecule has 0 aromatic heterocycles. The molecule has 0 saturated carbocycles. The van der Waals surface area contributed by atoms with Gasteiger partial charge in [-0.2, -0.15) is 0 Å². The van der Waals surface area contributed by atoms with Crippen molar-refractivity contribution in [2.75, 3.05) is 20.8 Å². The van der Waals surface area contributed by atoms with E-state index >= 15 is 0 Å². The van der Waals surface area contributed by atoms with Gasteiger partial charge < -0.3 is 19.5 Å². The van der Waals surface area contributed by atoms with Crippen molar-refractivity contribution in [1.82, 2.24) is 4.90 Å². The predicted octanol–water partition coefficient (Wildman–Crippen LogP) is 3.28. The van der Waals surface area contributed by atoms with Gasteiger partial charge >= 0.3 is 0 Å². The molecular formula is C21H20FNO5. The molecular weight excluding hydrogens is 365 g/mol. The fraction of sp³-hybridized carbons (Fsp3) is 0.238. The van der Waals surface area contributed by atoms with Gasteiger partial charge in [0.2, 0.25) is 0 Å². The minimum Gasteiger partial charge on any atom is -0.507 e. The van der Waals surface area contributed by atoms with Crippen molar-refractivity contribution in [3.05, 3.63) is 65.0 Å². The number of hydrogen-bond acceptors (Lipinski definition) is 5. The zero-order valence-electron chi connectivity index (χ0n) is 15.7. The zero-order chi connectivity index (χ0) is 20.4. The molecule has 0 aliphatic carbocycles. The summed E-state index contributed by atoms with van der Waals surface area (Å²) in [6.45, 7) is 2.30. The molecule has 2 aromatic carbocycles. The van der Waals surface area contributed by atoms with Crippen LogP contribution in [0.1, 0.15) is 24.1 Å². The molecule has 1 unspecified atom stereocenters. The van der Waals surface area contributed by atoms with E-state index in [0.29, 0.717) is 17.9 Å². The summed E-state index contributed by atoms with van der Waals surface area (Å²) in [5.41, 5.74) is 0.574. The second-order valence-electron chi connectivity index (χ2n) is 6.26. The average Bonchev–Trinajstić information content (AvgIpc) is 2.92. The summed E-state index contributed by atoms with van der Waals surface area (Å²) in [7, 11) is 2.80. The fourth-order valence-electron chi connectivity index (χ4n) is 3.25. The molecule has 28 heavy (non-hydrogen) atoms. The molecule has 1 aliphatic heterocycles. The van der Waals surface area contributed by atoms with E-state index in [9.17, 15) is 19.1 Å². The number of likely N-dealkylation sites (tertiary alicyclic amines) is 1. The average molecular weight is 385 g/mol. The largest absolute Gasteiger partial charge is 0.507 e. The van der Waals surface area contributed by atoms with Crippen molar-refractivity contribution in [3.63, 3.8) is 0 Å². The van der Waals surface area contributed by atoms with E-state index in [0.717, 1.165) is 6.07 Å². The minimum atomic E-state index is -0.831. The molecule has 7 heteroatoms. The normalized spacial score (nSPS) is 18.4. The summed E-state index contributed by atoms with van der Waals surface area (Å²) in [4.78, 5) is 26.1. The number of carbonyl (C=O) groups excluding carboxylic acids is 2. The molecule has 1 saturated heterocycles. The molecule has 0 spiro atoms. The Labute approximate surface area is 161 Å². The van der Waals surface area contributed by atoms with E-state index in [-0.39, 0.29) is 16.9 Å². The first-order chi connectivity index (χ1) is 13.4. The lowest BCUT2D eigenvalue weighted by Crippen LogP contribution is -2.24. The number of likely N-dealkylation sites (N-methyl/N-ethyl adjacent to an activating group) is 1. The molecule has 6 nitrogen and oxygen atoms in total. The number of aliphatic hydroxyl groups excluding tert-OH is 1. The first kappa shape index (κ1) is 19.4. The monoisotopic (exact) mass is 385 g/mol. The van der Waals surface area contributed by atoms with Crippen LogP contribution < -0.4 is 9.47 Å². The number of Topliss-reactive ketones (excluding diaryl/α,β-unsaturated/α-hetero) is 1. The first-order valence-electron chi connectivity index (χ1n) is 8.70. The maximum absolute atomic E-state index is 14.1. The van der Waals surface area contributed by atoms with Crippen LogP contribution >= 0.6 is 0 Å². The van der Waals surface area contributed by atoms with Gasteiger partial charge in [0.15, 0.2) is 11.6 Å². The predicted molar refractivity (Wildman–Crippen MR) is 101 cm³/mol. The van der Waals surface area contributed by atoms with Crippen molar-refractivity contribution < 1.29 is 28.6 Å². The zero-order valence-corrected chi connectivity index (χ0v) is 15.7. The van der Waals surface area contributed by atoms with Gasteiger partial charge in [-0.3, -0.25) is 9.59 Å². The van der Waals surface area contributed by atoms with Crippen molar-refractivity contribution in [2.24, 2.45) is 0 Å². The Kier molecular flexibility index (Phi) is 5.35. The van der Waals surface area contributed by atoms with Gasteiger partial charge in [-0.05, 0) is 42.8 Å². The van der Waals surface area contributed by atoms with Gasteiger partial charge in [-0.1, -0.05) is 12.1 Å². The Hall–Kier alpha value is -3.35. The lowest BCUT2D eigenvalue weighted by molar-refractivity contribution is -0.139. The van der Waals surface area contributed by atoms with Crippen LogP contribution in [0.5, 0.6) is 11.5 Å². The van der Waals surface area contributed by atoms with Crippen LogP contribution in [0.4, 0.5) is 4.39 Å². The number of carbonyl (C=O) groups is 2. The highest BCUT2D eigenvalue weighted by atomic mass is 19.1. The van der Waals surface area contributed by atoms with Gasteiger partial charge in [0.1, 0.15) is 11.5 Å². The van der Waals surface area contributed by atoms with Crippen LogP contribution in [-0.2, 0) is 9.59 Å². The number of rotatable bonds is 5. The summed E-state index contributed by atoms with van der Waals surface area (Å²) < 4.78 is 24.4. The molecule has 1 atom stereocenters. The lowest BCUT2D eigenvalue weighted by Gasteiger charge is -2.21. The summed E-state index contributed by atoms with van der Waals surface area (Å²) in [6.07, 6.45) is 0. The maximum Gasteiger partial charge on any atom is 0.295 e. The fourth-order valence-corrected chi connectivity index (χ4v) is 3.25. The molecule has 1 amide bonds. The number of halogens is 1. The van der Waals surface area contributed by atoms with Crippen LogP contribution in [-0.4, -0.2) is 42.5 Å². The summed E-state index contributed by atoms with van der Waals surface area (Å²) >= 11 is 0. The van der Waals surface area contributed by atoms with Crippen molar-refractivity contribution in [3.8, 4) is 11.5 Å². The first-order valence-corrected chi connectivity index (χ1v) is 8.70. The number of aliphatic hydroxyl groups is 1. The Morgan fingerprint density at radius 2 is 1.96 bits per heavy atom. The van der Waals surface area contributed by atoms with E-state index in [1.54, 1.807) is 24.3 Å². The smallest absolute Gasteiger partial charge is 0.295 e. The Morgan fingerprint density at radius 3 is 2.61 bits per heavy atom. The van der Waals surface area contributed by atoms with E-state index in [4.69, 9.17) is 9.47 Å². The molecule has 146 valence electrons. The van der Waals surface area contributed by atoms with Gasteiger partial charge in [-0.25, -0.2) is 4.39 Å². The second-order valence-corrected chi connectivity index (χ2v) is 6.26. The van der Waals surface area contributed by atoms with Crippen molar-refractivity contribution in [1.29, 1.82) is 0 Å². The number of nitrogens with zero attached hydrogens (tertiary/aromatic N) is 1. The number of methoxy groups -OCH3 is 1. The maximum atomic E-state index is 14.1. The van der Waals surface area contributed by atoms with Crippen molar-refractivity contribution in [2.45, 2.75) is 13.0 Å². The molecule has 1 heterocycles. The van der Waals surface area contributed by atoms with Crippen LogP contribution in [0.3, 0.4) is 0 Å². The third-order valence-electron chi connectivity index (χ3n) is 4.59. The standard InChI is InChI=1S/C21H20FNO5/c1-4-28-14-7-5-6-12(10-14)18-17(20(25)21(26)23(18)2)19(24)13-8-9-16(27-3)15(22)11-13/h5-11,18,24H,4H2,1-3H3/b19-17+. The highest BCUT2D eigenvalue weighted by Crippen LogP contribution is 2.39. The number of hydrogen-bond donors (Lipinski definition) is 1. The molecule has 2 aromatic rings. The molecule has 0 bridgehead atoms. The number of benzene rings is 2. The molecule has 0 radical (unpaired) electrons. The van der Waals surface area contributed by atoms with E-state index in [1.165, 1.54) is 31.2 Å². The summed E-state index contributed by atoms with van der Waals surface area (Å²) in [5.74, 6) is -2.13. The minimum absolute atomic E-state index is 0.00783. The highest BCUT2D eigenvalue weighted by Gasteiger charge is 2.44. The van der Waals surface area contributed by atoms with E-state index in [2.05, 4.69) is 0 Å². The molecule has 3 rings (SSSR count). The number of amides is 1. The Morgan fingerprint density at radius 1 is 1.21 bits per heavy atom. The van der Waals surface area contributed by atoms with Gasteiger partial charge in [-0.15, -0.1) is 0 Å². The molecule has 1 aliphatic rings. The topological polar surface area (TPSA) is 76.1 Å². The van der Waals surface area contributed by atoms with Gasteiger partial charge in [0.25, 0.3) is 11.7 Å². The number of ketones is 1. The third-order valence-corrected chi connectivity index (χ3v) is 4.59.